The Hall–Kier alpha value is -1.51. The Morgan fingerprint density at radius 2 is 1.95 bits per heavy atom. The summed E-state index contributed by atoms with van der Waals surface area (Å²) >= 11 is 0. The summed E-state index contributed by atoms with van der Waals surface area (Å²) in [5, 5.41) is 3.00. The van der Waals surface area contributed by atoms with Crippen molar-refractivity contribution in [3.05, 3.63) is 30.3 Å². The zero-order chi connectivity index (χ0) is 14.8. The van der Waals surface area contributed by atoms with E-state index in [1.165, 1.54) is 19.3 Å². The van der Waals surface area contributed by atoms with Crippen molar-refractivity contribution in [2.24, 2.45) is 5.92 Å². The molecule has 0 heterocycles. The third-order valence-corrected chi connectivity index (χ3v) is 3.53. The molecule has 0 fully saturated rings. The number of nitrogens with one attached hydrogen (secondary N) is 1. The van der Waals surface area contributed by atoms with Crippen molar-refractivity contribution in [1.82, 2.24) is 5.32 Å². The normalized spacial score (nSPS) is 13.6. The maximum absolute atomic E-state index is 12.0. The van der Waals surface area contributed by atoms with Crippen LogP contribution in [0.25, 0.3) is 0 Å². The zero-order valence-electron chi connectivity index (χ0n) is 12.9. The third kappa shape index (κ3) is 6.09. The Balaban J connectivity index is 2.34. The smallest absolute Gasteiger partial charge is 0.260 e. The van der Waals surface area contributed by atoms with Gasteiger partial charge in [-0.1, -0.05) is 51.3 Å². The average molecular weight is 277 g/mol. The molecule has 0 spiro atoms. The molecule has 0 aromatic heterocycles. The molecule has 0 bridgehead atoms. The number of rotatable bonds is 9. The Morgan fingerprint density at radius 3 is 2.55 bits per heavy atom. The summed E-state index contributed by atoms with van der Waals surface area (Å²) < 4.78 is 5.61. The number of unbranched alkanes of at least 4 members (excludes halogenated alkanes) is 1. The third-order valence-electron chi connectivity index (χ3n) is 3.53. The molecule has 0 saturated heterocycles. The highest BCUT2D eigenvalue weighted by Crippen LogP contribution is 2.13. The van der Waals surface area contributed by atoms with Gasteiger partial charge >= 0.3 is 0 Å². The molecule has 1 N–H and O–H groups in total. The van der Waals surface area contributed by atoms with Crippen LogP contribution in [-0.4, -0.2) is 18.6 Å². The molecule has 1 amide bonds. The van der Waals surface area contributed by atoms with Crippen LogP contribution in [0, 0.1) is 5.92 Å². The fourth-order valence-corrected chi connectivity index (χ4v) is 2.09. The van der Waals surface area contributed by atoms with Crippen LogP contribution in [0.15, 0.2) is 30.3 Å². The fourth-order valence-electron chi connectivity index (χ4n) is 2.09. The highest BCUT2D eigenvalue weighted by Gasteiger charge is 2.15. The number of para-hydroxylation sites is 1. The van der Waals surface area contributed by atoms with Crippen molar-refractivity contribution in [1.29, 1.82) is 0 Å². The molecule has 112 valence electrons. The van der Waals surface area contributed by atoms with Gasteiger partial charge in [0, 0.05) is 6.54 Å². The number of carbonyl (C=O) groups excluding carboxylic acids is 1. The van der Waals surface area contributed by atoms with Gasteiger partial charge in [-0.25, -0.2) is 0 Å². The standard InChI is InChI=1S/C17H27NO2/c1-4-6-10-15(5-2)13-18-17(19)14(3)20-16-11-8-7-9-12-16/h7-9,11-12,14-15H,4-6,10,13H2,1-3H3,(H,18,19)/t14-,15+/m0/s1. The predicted octanol–water partition coefficient (Wildman–Crippen LogP) is 3.79. The predicted molar refractivity (Wildman–Crippen MR) is 82.8 cm³/mol. The second-order valence-corrected chi connectivity index (χ2v) is 5.23. The van der Waals surface area contributed by atoms with Gasteiger partial charge in [-0.3, -0.25) is 4.79 Å². The molecular formula is C17H27NO2. The van der Waals surface area contributed by atoms with Crippen LogP contribution in [0.4, 0.5) is 0 Å². The van der Waals surface area contributed by atoms with Gasteiger partial charge in [-0.05, 0) is 31.4 Å². The molecule has 0 aliphatic carbocycles. The first-order valence-corrected chi connectivity index (χ1v) is 7.66. The zero-order valence-corrected chi connectivity index (χ0v) is 12.9. The van der Waals surface area contributed by atoms with E-state index in [4.69, 9.17) is 4.74 Å². The average Bonchev–Trinajstić information content (AvgIpc) is 2.48. The number of amides is 1. The monoisotopic (exact) mass is 277 g/mol. The summed E-state index contributed by atoms with van der Waals surface area (Å²) in [6.07, 6.45) is 4.26. The minimum absolute atomic E-state index is 0.0381. The Bertz CT molecular complexity index is 378. The first-order chi connectivity index (χ1) is 9.67. The van der Waals surface area contributed by atoms with Gasteiger partial charge in [0.05, 0.1) is 0 Å². The van der Waals surface area contributed by atoms with E-state index in [1.54, 1.807) is 6.92 Å². The van der Waals surface area contributed by atoms with E-state index in [9.17, 15) is 4.79 Å². The van der Waals surface area contributed by atoms with Gasteiger partial charge in [0.1, 0.15) is 5.75 Å². The molecule has 3 heteroatoms. The molecule has 1 aromatic rings. The van der Waals surface area contributed by atoms with Gasteiger partial charge in [-0.2, -0.15) is 0 Å². The van der Waals surface area contributed by atoms with Crippen molar-refractivity contribution in [2.45, 2.75) is 52.6 Å². The quantitative estimate of drug-likeness (QED) is 0.746. The summed E-state index contributed by atoms with van der Waals surface area (Å²) in [6.45, 7) is 6.91. The SMILES string of the molecule is CCCC[C@@H](CC)CNC(=O)[C@H](C)Oc1ccccc1. The molecule has 3 nitrogen and oxygen atoms in total. The van der Waals surface area contributed by atoms with E-state index < -0.39 is 6.10 Å². The van der Waals surface area contributed by atoms with E-state index in [2.05, 4.69) is 19.2 Å². The number of benzene rings is 1. The summed E-state index contributed by atoms with van der Waals surface area (Å²) in [6, 6.07) is 9.45. The fraction of sp³-hybridized carbons (Fsp3) is 0.588. The molecule has 1 rings (SSSR count). The molecule has 1 aromatic carbocycles. The summed E-state index contributed by atoms with van der Waals surface area (Å²) in [5.41, 5.74) is 0. The van der Waals surface area contributed by atoms with Crippen molar-refractivity contribution in [3.63, 3.8) is 0 Å². The first-order valence-electron chi connectivity index (χ1n) is 7.66. The van der Waals surface area contributed by atoms with Crippen LogP contribution < -0.4 is 10.1 Å². The lowest BCUT2D eigenvalue weighted by molar-refractivity contribution is -0.127. The van der Waals surface area contributed by atoms with E-state index in [1.807, 2.05) is 30.3 Å². The minimum Gasteiger partial charge on any atom is -0.481 e. The topological polar surface area (TPSA) is 38.3 Å². The van der Waals surface area contributed by atoms with Crippen LogP contribution in [0.5, 0.6) is 5.75 Å². The lowest BCUT2D eigenvalue weighted by Crippen LogP contribution is -2.38. The second-order valence-electron chi connectivity index (χ2n) is 5.23. The van der Waals surface area contributed by atoms with Gasteiger partial charge in [-0.15, -0.1) is 0 Å². The van der Waals surface area contributed by atoms with E-state index in [-0.39, 0.29) is 5.91 Å². The van der Waals surface area contributed by atoms with Crippen LogP contribution in [0.2, 0.25) is 0 Å². The molecule has 0 saturated carbocycles. The highest BCUT2D eigenvalue weighted by molar-refractivity contribution is 5.80. The summed E-state index contributed by atoms with van der Waals surface area (Å²) in [5.74, 6) is 1.26. The van der Waals surface area contributed by atoms with Crippen molar-refractivity contribution in [3.8, 4) is 5.75 Å². The molecule has 0 radical (unpaired) electrons. The minimum atomic E-state index is -0.457. The van der Waals surface area contributed by atoms with E-state index in [0.717, 1.165) is 18.7 Å². The second kappa shape index (κ2) is 9.40. The summed E-state index contributed by atoms with van der Waals surface area (Å²) in [4.78, 5) is 12.0. The van der Waals surface area contributed by atoms with Crippen LogP contribution in [0.1, 0.15) is 46.5 Å². The highest BCUT2D eigenvalue weighted by atomic mass is 16.5. The van der Waals surface area contributed by atoms with Gasteiger partial charge < -0.3 is 10.1 Å². The number of hydrogen-bond acceptors (Lipinski definition) is 2. The van der Waals surface area contributed by atoms with E-state index in [0.29, 0.717) is 5.92 Å². The molecule has 0 aliphatic heterocycles. The molecule has 20 heavy (non-hydrogen) atoms. The lowest BCUT2D eigenvalue weighted by Gasteiger charge is -2.18. The largest absolute Gasteiger partial charge is 0.481 e. The van der Waals surface area contributed by atoms with Gasteiger partial charge in [0.25, 0.3) is 5.91 Å². The number of hydrogen-bond donors (Lipinski definition) is 1. The Kier molecular flexibility index (Phi) is 7.78. The van der Waals surface area contributed by atoms with Gasteiger partial charge in [0.2, 0.25) is 0 Å². The Morgan fingerprint density at radius 1 is 1.25 bits per heavy atom. The molecule has 0 aliphatic rings. The van der Waals surface area contributed by atoms with Crippen LogP contribution in [0.3, 0.4) is 0 Å². The van der Waals surface area contributed by atoms with Crippen molar-refractivity contribution in [2.75, 3.05) is 6.54 Å². The maximum Gasteiger partial charge on any atom is 0.260 e. The van der Waals surface area contributed by atoms with Gasteiger partial charge in [0.15, 0.2) is 6.10 Å². The maximum atomic E-state index is 12.0. The summed E-state index contributed by atoms with van der Waals surface area (Å²) in [7, 11) is 0. The number of carbonyl (C=O) groups is 1. The van der Waals surface area contributed by atoms with Crippen LogP contribution in [-0.2, 0) is 4.79 Å². The Labute approximate surface area is 122 Å². The first kappa shape index (κ1) is 16.5. The molecule has 2 atom stereocenters. The van der Waals surface area contributed by atoms with E-state index >= 15 is 0 Å². The number of ether oxygens (including phenoxy) is 1. The van der Waals surface area contributed by atoms with Crippen molar-refractivity contribution >= 4 is 5.91 Å². The van der Waals surface area contributed by atoms with Crippen molar-refractivity contribution < 1.29 is 9.53 Å². The van der Waals surface area contributed by atoms with Crippen LogP contribution >= 0.6 is 0 Å². The molecular weight excluding hydrogens is 250 g/mol. The lowest BCUT2D eigenvalue weighted by atomic mass is 9.99. The molecule has 0 unspecified atom stereocenters.